The number of halogens is 1. The van der Waals surface area contributed by atoms with Gasteiger partial charge in [0, 0.05) is 18.3 Å². The quantitative estimate of drug-likeness (QED) is 0.778. The zero-order chi connectivity index (χ0) is 19.1. The highest BCUT2D eigenvalue weighted by Gasteiger charge is 2.18. The lowest BCUT2D eigenvalue weighted by Crippen LogP contribution is -2.30. The summed E-state index contributed by atoms with van der Waals surface area (Å²) >= 11 is 0. The molecular formula is C19H19FN2O4. The molecule has 0 aliphatic rings. The zero-order valence-corrected chi connectivity index (χ0v) is 14.4. The van der Waals surface area contributed by atoms with Gasteiger partial charge in [-0.1, -0.05) is 12.1 Å². The van der Waals surface area contributed by atoms with E-state index in [2.05, 4.69) is 10.6 Å². The summed E-state index contributed by atoms with van der Waals surface area (Å²) in [4.78, 5) is 34.9. The van der Waals surface area contributed by atoms with Crippen molar-refractivity contribution in [2.45, 2.75) is 26.4 Å². The van der Waals surface area contributed by atoms with Gasteiger partial charge in [-0.15, -0.1) is 0 Å². The average molecular weight is 358 g/mol. The second kappa shape index (κ2) is 8.75. The molecule has 0 heterocycles. The smallest absolute Gasteiger partial charge is 0.311 e. The number of nitrogens with one attached hydrogen (secondary N) is 2. The maximum Gasteiger partial charge on any atom is 0.311 e. The van der Waals surface area contributed by atoms with Gasteiger partial charge in [0.05, 0.1) is 6.42 Å². The van der Waals surface area contributed by atoms with Crippen LogP contribution in [0.25, 0.3) is 0 Å². The van der Waals surface area contributed by atoms with Crippen LogP contribution in [0, 0.1) is 5.82 Å². The summed E-state index contributed by atoms with van der Waals surface area (Å²) in [5, 5.41) is 5.24. The Morgan fingerprint density at radius 1 is 0.962 bits per heavy atom. The third-order valence-corrected chi connectivity index (χ3v) is 3.41. The Morgan fingerprint density at radius 2 is 1.50 bits per heavy atom. The van der Waals surface area contributed by atoms with E-state index in [1.807, 2.05) is 0 Å². The molecule has 0 aliphatic carbocycles. The van der Waals surface area contributed by atoms with Crippen molar-refractivity contribution in [2.75, 3.05) is 10.6 Å². The first-order valence-electron chi connectivity index (χ1n) is 7.96. The predicted molar refractivity (Wildman–Crippen MR) is 95.0 cm³/mol. The van der Waals surface area contributed by atoms with Crippen molar-refractivity contribution in [2.24, 2.45) is 0 Å². The van der Waals surface area contributed by atoms with E-state index < -0.39 is 18.0 Å². The van der Waals surface area contributed by atoms with Gasteiger partial charge in [0.1, 0.15) is 5.82 Å². The molecule has 2 rings (SSSR count). The standard InChI is InChI=1S/C19H19FN2O4/c1-12(26-18(24)11-14-3-5-15(20)6-4-14)19(25)22-17-9-7-16(8-10-17)21-13(2)23/h3-10,12H,11H2,1-2H3,(H,21,23)(H,22,25)/t12-/m0/s1. The SMILES string of the molecule is CC(=O)Nc1ccc(NC(=O)[C@H](C)OC(=O)Cc2ccc(F)cc2)cc1. The third-order valence-electron chi connectivity index (χ3n) is 3.41. The number of ether oxygens (including phenoxy) is 1. The van der Waals surface area contributed by atoms with Crippen LogP contribution in [0.1, 0.15) is 19.4 Å². The van der Waals surface area contributed by atoms with E-state index in [9.17, 15) is 18.8 Å². The van der Waals surface area contributed by atoms with Crippen molar-refractivity contribution < 1.29 is 23.5 Å². The van der Waals surface area contributed by atoms with Crippen LogP contribution in [-0.2, 0) is 25.5 Å². The van der Waals surface area contributed by atoms with Gasteiger partial charge in [-0.2, -0.15) is 0 Å². The van der Waals surface area contributed by atoms with Crippen molar-refractivity contribution in [3.63, 3.8) is 0 Å². The molecule has 0 aromatic heterocycles. The van der Waals surface area contributed by atoms with Crippen molar-refractivity contribution in [1.29, 1.82) is 0 Å². The highest BCUT2D eigenvalue weighted by atomic mass is 19.1. The molecule has 136 valence electrons. The molecule has 0 saturated heterocycles. The topological polar surface area (TPSA) is 84.5 Å². The van der Waals surface area contributed by atoms with Crippen molar-refractivity contribution >= 4 is 29.2 Å². The Labute approximate surface area is 150 Å². The first kappa shape index (κ1) is 19.1. The average Bonchev–Trinajstić information content (AvgIpc) is 2.58. The van der Waals surface area contributed by atoms with Gasteiger partial charge in [0.15, 0.2) is 6.10 Å². The van der Waals surface area contributed by atoms with Crippen molar-refractivity contribution in [3.05, 3.63) is 59.9 Å². The minimum absolute atomic E-state index is 0.0523. The molecule has 2 aromatic carbocycles. The largest absolute Gasteiger partial charge is 0.452 e. The second-order valence-electron chi connectivity index (χ2n) is 5.68. The summed E-state index contributed by atoms with van der Waals surface area (Å²) in [6, 6.07) is 12.0. The van der Waals surface area contributed by atoms with Gasteiger partial charge in [-0.3, -0.25) is 14.4 Å². The Balaban J connectivity index is 1.85. The van der Waals surface area contributed by atoms with E-state index in [0.29, 0.717) is 16.9 Å². The van der Waals surface area contributed by atoms with E-state index in [1.165, 1.54) is 38.1 Å². The molecule has 7 heteroatoms. The summed E-state index contributed by atoms with van der Waals surface area (Å²) in [7, 11) is 0. The predicted octanol–water partition coefficient (Wildman–Crippen LogP) is 2.90. The van der Waals surface area contributed by atoms with E-state index in [-0.39, 0.29) is 18.1 Å². The third kappa shape index (κ3) is 6.01. The number of rotatable bonds is 6. The van der Waals surface area contributed by atoms with Crippen LogP contribution >= 0.6 is 0 Å². The van der Waals surface area contributed by atoms with Gasteiger partial charge in [0.2, 0.25) is 5.91 Å². The molecule has 0 spiro atoms. The Bertz CT molecular complexity index is 788. The van der Waals surface area contributed by atoms with Crippen LogP contribution in [0.2, 0.25) is 0 Å². The number of benzene rings is 2. The Kier molecular flexibility index (Phi) is 6.43. The number of carbonyl (C=O) groups excluding carboxylic acids is 3. The lowest BCUT2D eigenvalue weighted by Gasteiger charge is -2.14. The molecule has 2 amide bonds. The minimum atomic E-state index is -0.988. The van der Waals surface area contributed by atoms with Gasteiger partial charge < -0.3 is 15.4 Å². The first-order chi connectivity index (χ1) is 12.3. The number of esters is 1. The number of anilines is 2. The summed E-state index contributed by atoms with van der Waals surface area (Å²) in [5.41, 5.74) is 1.71. The molecule has 0 aliphatic heterocycles. The van der Waals surface area contributed by atoms with E-state index >= 15 is 0 Å². The molecule has 26 heavy (non-hydrogen) atoms. The van der Waals surface area contributed by atoms with Crippen LogP contribution in [0.15, 0.2) is 48.5 Å². The van der Waals surface area contributed by atoms with E-state index in [0.717, 1.165) is 0 Å². The van der Waals surface area contributed by atoms with Gasteiger partial charge in [-0.05, 0) is 48.9 Å². The maximum absolute atomic E-state index is 12.8. The Hall–Kier alpha value is -3.22. The Morgan fingerprint density at radius 3 is 2.04 bits per heavy atom. The van der Waals surface area contributed by atoms with E-state index in [4.69, 9.17) is 4.74 Å². The summed E-state index contributed by atoms with van der Waals surface area (Å²) in [6.45, 7) is 2.86. The molecule has 1 atom stereocenters. The molecule has 0 saturated carbocycles. The highest BCUT2D eigenvalue weighted by molar-refractivity contribution is 5.95. The molecular weight excluding hydrogens is 339 g/mol. The van der Waals surface area contributed by atoms with E-state index in [1.54, 1.807) is 24.3 Å². The van der Waals surface area contributed by atoms with Crippen molar-refractivity contribution in [3.8, 4) is 0 Å². The fraction of sp³-hybridized carbons (Fsp3) is 0.211. The van der Waals surface area contributed by atoms with Gasteiger partial charge in [0.25, 0.3) is 5.91 Å². The van der Waals surface area contributed by atoms with Crippen LogP contribution in [0.4, 0.5) is 15.8 Å². The van der Waals surface area contributed by atoms with Crippen molar-refractivity contribution in [1.82, 2.24) is 0 Å². The molecule has 0 radical (unpaired) electrons. The monoisotopic (exact) mass is 358 g/mol. The van der Waals surface area contributed by atoms with Crippen LogP contribution in [-0.4, -0.2) is 23.9 Å². The molecule has 0 fully saturated rings. The summed E-state index contributed by atoms with van der Waals surface area (Å²) in [6.07, 6.45) is -1.04. The fourth-order valence-corrected chi connectivity index (χ4v) is 2.15. The zero-order valence-electron chi connectivity index (χ0n) is 14.4. The highest BCUT2D eigenvalue weighted by Crippen LogP contribution is 2.14. The number of hydrogen-bond donors (Lipinski definition) is 2. The minimum Gasteiger partial charge on any atom is -0.452 e. The van der Waals surface area contributed by atoms with Crippen LogP contribution in [0.5, 0.6) is 0 Å². The number of amides is 2. The summed E-state index contributed by atoms with van der Waals surface area (Å²) in [5.74, 6) is -1.65. The van der Waals surface area contributed by atoms with Crippen LogP contribution < -0.4 is 10.6 Å². The van der Waals surface area contributed by atoms with Gasteiger partial charge in [-0.25, -0.2) is 4.39 Å². The molecule has 0 bridgehead atoms. The van der Waals surface area contributed by atoms with Gasteiger partial charge >= 0.3 is 5.97 Å². The second-order valence-corrected chi connectivity index (χ2v) is 5.68. The molecule has 2 aromatic rings. The number of hydrogen-bond acceptors (Lipinski definition) is 4. The molecule has 0 unspecified atom stereocenters. The molecule has 2 N–H and O–H groups in total. The first-order valence-corrected chi connectivity index (χ1v) is 7.96. The number of carbonyl (C=O) groups is 3. The lowest BCUT2D eigenvalue weighted by atomic mass is 10.1. The van der Waals surface area contributed by atoms with Crippen LogP contribution in [0.3, 0.4) is 0 Å². The molecule has 6 nitrogen and oxygen atoms in total. The lowest BCUT2D eigenvalue weighted by molar-refractivity contribution is -0.152. The summed E-state index contributed by atoms with van der Waals surface area (Å²) < 4.78 is 17.9. The fourth-order valence-electron chi connectivity index (χ4n) is 2.15. The normalized spacial score (nSPS) is 11.3. The maximum atomic E-state index is 12.8.